The lowest BCUT2D eigenvalue weighted by Crippen LogP contribution is -2.09. The molecule has 0 spiro atoms. The highest BCUT2D eigenvalue weighted by Gasteiger charge is 2.09. The first kappa shape index (κ1) is 15.1. The fourth-order valence-corrected chi connectivity index (χ4v) is 3.17. The largest absolute Gasteiger partial charge is 0.378 e. The summed E-state index contributed by atoms with van der Waals surface area (Å²) in [6.07, 6.45) is 1.09. The van der Waals surface area contributed by atoms with Crippen molar-refractivity contribution in [2.75, 3.05) is 5.32 Å². The smallest absolute Gasteiger partial charge is 0.0485 e. The zero-order valence-corrected chi connectivity index (χ0v) is 14.2. The molecule has 1 N–H and O–H groups in total. The Kier molecular flexibility index (Phi) is 4.87. The molecule has 0 aromatic heterocycles. The molecule has 106 valence electrons. The first-order valence-corrected chi connectivity index (χ1v) is 7.92. The second-order valence-corrected chi connectivity index (χ2v) is 6.29. The maximum Gasteiger partial charge on any atom is 0.0485 e. The molecule has 1 unspecified atom stereocenters. The number of rotatable bonds is 4. The van der Waals surface area contributed by atoms with Crippen LogP contribution in [0.25, 0.3) is 0 Å². The molecule has 0 amide bonds. The minimum Gasteiger partial charge on any atom is -0.378 e. The Balaban J connectivity index is 2.20. The summed E-state index contributed by atoms with van der Waals surface area (Å²) in [6, 6.07) is 13.5. The van der Waals surface area contributed by atoms with Gasteiger partial charge in [-0.2, -0.15) is 0 Å². The van der Waals surface area contributed by atoms with Gasteiger partial charge in [-0.3, -0.25) is 0 Å². The number of anilines is 1. The van der Waals surface area contributed by atoms with E-state index in [1.165, 1.54) is 27.9 Å². The van der Waals surface area contributed by atoms with Crippen molar-refractivity contribution in [1.82, 2.24) is 0 Å². The van der Waals surface area contributed by atoms with E-state index < -0.39 is 0 Å². The minimum absolute atomic E-state index is 0.305. The van der Waals surface area contributed by atoms with E-state index >= 15 is 0 Å². The molecular formula is C18H22BrN. The summed E-state index contributed by atoms with van der Waals surface area (Å²) in [5.41, 5.74) is 6.49. The van der Waals surface area contributed by atoms with Gasteiger partial charge in [-0.1, -0.05) is 47.1 Å². The molecule has 0 aliphatic rings. The van der Waals surface area contributed by atoms with Gasteiger partial charge >= 0.3 is 0 Å². The van der Waals surface area contributed by atoms with E-state index in [0.717, 1.165) is 10.9 Å². The van der Waals surface area contributed by atoms with Crippen LogP contribution in [-0.4, -0.2) is 0 Å². The molecular weight excluding hydrogens is 310 g/mol. The third-order valence-corrected chi connectivity index (χ3v) is 4.20. The molecule has 0 radical (unpaired) electrons. The van der Waals surface area contributed by atoms with Crippen LogP contribution in [0.1, 0.15) is 42.1 Å². The summed E-state index contributed by atoms with van der Waals surface area (Å²) in [4.78, 5) is 0. The molecule has 0 saturated heterocycles. The second-order valence-electron chi connectivity index (χ2n) is 5.38. The van der Waals surface area contributed by atoms with Crippen molar-refractivity contribution in [3.63, 3.8) is 0 Å². The van der Waals surface area contributed by atoms with Gasteiger partial charge in [-0.25, -0.2) is 0 Å². The standard InChI is InChI=1S/C18H22BrN/c1-5-15-6-8-16(9-7-15)14(4)20-18-12(2)10-17(19)11-13(18)3/h6-11,14,20H,5H2,1-4H3. The molecule has 0 fully saturated rings. The van der Waals surface area contributed by atoms with Crippen molar-refractivity contribution < 1.29 is 0 Å². The molecule has 0 heterocycles. The molecule has 0 saturated carbocycles. The van der Waals surface area contributed by atoms with Gasteiger partial charge in [0.15, 0.2) is 0 Å². The Morgan fingerprint density at radius 2 is 1.60 bits per heavy atom. The SMILES string of the molecule is CCc1ccc(C(C)Nc2c(C)cc(Br)cc2C)cc1. The average molecular weight is 332 g/mol. The Bertz CT molecular complexity index is 564. The van der Waals surface area contributed by atoms with Crippen LogP contribution in [0.3, 0.4) is 0 Å². The fourth-order valence-electron chi connectivity index (χ4n) is 2.48. The van der Waals surface area contributed by atoms with Crippen molar-refractivity contribution in [1.29, 1.82) is 0 Å². The molecule has 0 aliphatic heterocycles. The predicted octanol–water partition coefficient (Wildman–Crippen LogP) is 5.80. The number of benzene rings is 2. The zero-order valence-electron chi connectivity index (χ0n) is 12.6. The number of aryl methyl sites for hydroxylation is 3. The van der Waals surface area contributed by atoms with Crippen LogP contribution in [0.4, 0.5) is 5.69 Å². The van der Waals surface area contributed by atoms with Crippen LogP contribution in [0.5, 0.6) is 0 Å². The summed E-state index contributed by atoms with van der Waals surface area (Å²) < 4.78 is 1.14. The zero-order chi connectivity index (χ0) is 14.7. The first-order valence-electron chi connectivity index (χ1n) is 7.13. The predicted molar refractivity (Wildman–Crippen MR) is 91.5 cm³/mol. The molecule has 20 heavy (non-hydrogen) atoms. The topological polar surface area (TPSA) is 12.0 Å². The lowest BCUT2D eigenvalue weighted by atomic mass is 10.0. The Morgan fingerprint density at radius 3 is 2.10 bits per heavy atom. The van der Waals surface area contributed by atoms with Crippen molar-refractivity contribution >= 4 is 21.6 Å². The van der Waals surface area contributed by atoms with Crippen LogP contribution in [0.15, 0.2) is 40.9 Å². The molecule has 2 aromatic carbocycles. The quantitative estimate of drug-likeness (QED) is 0.746. The van der Waals surface area contributed by atoms with Crippen molar-refractivity contribution in [2.45, 2.75) is 40.2 Å². The lowest BCUT2D eigenvalue weighted by molar-refractivity contribution is 0.878. The first-order chi connectivity index (χ1) is 9.51. The molecule has 0 aliphatic carbocycles. The summed E-state index contributed by atoms with van der Waals surface area (Å²) in [6.45, 7) is 8.69. The highest BCUT2D eigenvalue weighted by Crippen LogP contribution is 2.28. The summed E-state index contributed by atoms with van der Waals surface area (Å²) in [7, 11) is 0. The van der Waals surface area contributed by atoms with Gasteiger partial charge in [0.2, 0.25) is 0 Å². The summed E-state index contributed by atoms with van der Waals surface area (Å²) in [5, 5.41) is 3.64. The highest BCUT2D eigenvalue weighted by molar-refractivity contribution is 9.10. The van der Waals surface area contributed by atoms with E-state index in [4.69, 9.17) is 0 Å². The van der Waals surface area contributed by atoms with E-state index in [9.17, 15) is 0 Å². The van der Waals surface area contributed by atoms with Gasteiger partial charge in [0.05, 0.1) is 0 Å². The van der Waals surface area contributed by atoms with Gasteiger partial charge < -0.3 is 5.32 Å². The van der Waals surface area contributed by atoms with E-state index in [-0.39, 0.29) is 0 Å². The van der Waals surface area contributed by atoms with Crippen LogP contribution in [0.2, 0.25) is 0 Å². The van der Waals surface area contributed by atoms with E-state index in [0.29, 0.717) is 6.04 Å². The number of halogens is 1. The second kappa shape index (κ2) is 6.45. The Hall–Kier alpha value is -1.28. The molecule has 2 rings (SSSR count). The molecule has 0 bridgehead atoms. The normalized spacial score (nSPS) is 12.2. The summed E-state index contributed by atoms with van der Waals surface area (Å²) >= 11 is 3.55. The maximum absolute atomic E-state index is 3.64. The van der Waals surface area contributed by atoms with Gasteiger partial charge in [0, 0.05) is 16.2 Å². The Labute approximate surface area is 130 Å². The van der Waals surface area contributed by atoms with E-state index in [1.54, 1.807) is 0 Å². The number of hydrogen-bond donors (Lipinski definition) is 1. The maximum atomic E-state index is 3.64. The summed E-state index contributed by atoms with van der Waals surface area (Å²) in [5.74, 6) is 0. The monoisotopic (exact) mass is 331 g/mol. The molecule has 2 heteroatoms. The van der Waals surface area contributed by atoms with Crippen LogP contribution < -0.4 is 5.32 Å². The molecule has 2 aromatic rings. The van der Waals surface area contributed by atoms with Crippen molar-refractivity contribution in [3.05, 3.63) is 63.1 Å². The van der Waals surface area contributed by atoms with Crippen molar-refractivity contribution in [3.8, 4) is 0 Å². The van der Waals surface area contributed by atoms with Gasteiger partial charge in [0.1, 0.15) is 0 Å². The lowest BCUT2D eigenvalue weighted by Gasteiger charge is -2.20. The highest BCUT2D eigenvalue weighted by atomic mass is 79.9. The average Bonchev–Trinajstić information content (AvgIpc) is 2.42. The molecule has 1 atom stereocenters. The van der Waals surface area contributed by atoms with Gasteiger partial charge in [0.25, 0.3) is 0 Å². The minimum atomic E-state index is 0.305. The van der Waals surface area contributed by atoms with Crippen LogP contribution in [-0.2, 0) is 6.42 Å². The third kappa shape index (κ3) is 3.43. The fraction of sp³-hybridized carbons (Fsp3) is 0.333. The Morgan fingerprint density at radius 1 is 1.05 bits per heavy atom. The van der Waals surface area contributed by atoms with Crippen LogP contribution >= 0.6 is 15.9 Å². The molecule has 1 nitrogen and oxygen atoms in total. The third-order valence-electron chi connectivity index (χ3n) is 3.75. The van der Waals surface area contributed by atoms with Gasteiger partial charge in [-0.15, -0.1) is 0 Å². The number of nitrogens with one attached hydrogen (secondary N) is 1. The number of hydrogen-bond acceptors (Lipinski definition) is 1. The van der Waals surface area contributed by atoms with Crippen molar-refractivity contribution in [2.24, 2.45) is 0 Å². The van der Waals surface area contributed by atoms with E-state index in [1.807, 2.05) is 0 Å². The van der Waals surface area contributed by atoms with Gasteiger partial charge in [-0.05, 0) is 61.6 Å². The van der Waals surface area contributed by atoms with Crippen LogP contribution in [0, 0.1) is 13.8 Å². The van der Waals surface area contributed by atoms with E-state index in [2.05, 4.69) is 85.3 Å².